The first kappa shape index (κ1) is 23.5. The van der Waals surface area contributed by atoms with E-state index in [-0.39, 0.29) is 6.23 Å². The van der Waals surface area contributed by atoms with Gasteiger partial charge in [-0.2, -0.15) is 5.26 Å². The van der Waals surface area contributed by atoms with Crippen LogP contribution in [-0.4, -0.2) is 56.4 Å². The van der Waals surface area contributed by atoms with Gasteiger partial charge in [-0.05, 0) is 56.9 Å². The maximum absolute atomic E-state index is 9.87. The molecule has 1 unspecified atom stereocenters. The van der Waals surface area contributed by atoms with E-state index in [1.807, 2.05) is 24.3 Å². The van der Waals surface area contributed by atoms with Crippen molar-refractivity contribution in [3.8, 4) is 6.07 Å². The quantitative estimate of drug-likeness (QED) is 0.488. The molecule has 1 aliphatic rings. The molecule has 0 amide bonds. The standard InChI is InChI=1S/C25H29BrN6O/c1-4-32(23-15-28-8-9-33-23)21-10-17(16-31(2)3)24-22(12-21)25(18(13-27)14-29-24)30-20-7-5-6-19(26)11-20/h5-7,10-12,14,23,28H,4,8-9,15-16H2,1-3H3,(H,29,30). The van der Waals surface area contributed by atoms with Gasteiger partial charge in [0.1, 0.15) is 12.3 Å². The summed E-state index contributed by atoms with van der Waals surface area (Å²) in [7, 11) is 4.10. The molecule has 33 heavy (non-hydrogen) atoms. The van der Waals surface area contributed by atoms with Gasteiger partial charge < -0.3 is 25.2 Å². The molecule has 172 valence electrons. The second kappa shape index (κ2) is 10.5. The molecular weight excluding hydrogens is 480 g/mol. The molecule has 1 aliphatic heterocycles. The van der Waals surface area contributed by atoms with Gasteiger partial charge in [0.15, 0.2) is 0 Å². The summed E-state index contributed by atoms with van der Waals surface area (Å²) in [5.41, 5.74) is 5.24. The first-order valence-electron chi connectivity index (χ1n) is 11.1. The van der Waals surface area contributed by atoms with Crippen molar-refractivity contribution in [3.05, 3.63) is 58.2 Å². The summed E-state index contributed by atoms with van der Waals surface area (Å²) in [6, 6.07) is 14.6. The molecule has 1 atom stereocenters. The zero-order valence-electron chi connectivity index (χ0n) is 19.2. The third-order valence-electron chi connectivity index (χ3n) is 5.66. The highest BCUT2D eigenvalue weighted by molar-refractivity contribution is 9.10. The molecule has 8 heteroatoms. The van der Waals surface area contributed by atoms with Gasteiger partial charge >= 0.3 is 0 Å². The molecular formula is C25H29BrN6O. The van der Waals surface area contributed by atoms with E-state index in [0.717, 1.165) is 64.2 Å². The number of nitrogens with zero attached hydrogens (tertiary/aromatic N) is 4. The monoisotopic (exact) mass is 508 g/mol. The molecule has 1 aromatic heterocycles. The van der Waals surface area contributed by atoms with Gasteiger partial charge in [-0.1, -0.05) is 22.0 Å². The minimum Gasteiger partial charge on any atom is -0.356 e. The highest BCUT2D eigenvalue weighted by atomic mass is 79.9. The largest absolute Gasteiger partial charge is 0.356 e. The number of aromatic nitrogens is 1. The predicted octanol–water partition coefficient (Wildman–Crippen LogP) is 4.45. The smallest absolute Gasteiger partial charge is 0.142 e. The molecule has 0 spiro atoms. The third-order valence-corrected chi connectivity index (χ3v) is 6.16. The number of rotatable bonds is 7. The summed E-state index contributed by atoms with van der Waals surface area (Å²) in [6.45, 7) is 6.01. The molecule has 0 aliphatic carbocycles. The van der Waals surface area contributed by atoms with E-state index in [1.165, 1.54) is 0 Å². The Hall–Kier alpha value is -2.70. The van der Waals surface area contributed by atoms with Gasteiger partial charge in [-0.3, -0.25) is 4.98 Å². The van der Waals surface area contributed by atoms with Crippen LogP contribution in [0.25, 0.3) is 10.9 Å². The molecule has 2 heterocycles. The average molecular weight is 509 g/mol. The minimum atomic E-state index is -0.0398. The summed E-state index contributed by atoms with van der Waals surface area (Å²) in [5, 5.41) is 17.7. The number of hydrogen-bond donors (Lipinski definition) is 2. The van der Waals surface area contributed by atoms with Crippen LogP contribution in [0.4, 0.5) is 17.1 Å². The van der Waals surface area contributed by atoms with Gasteiger partial charge in [-0.25, -0.2) is 0 Å². The van der Waals surface area contributed by atoms with Crippen LogP contribution in [0.2, 0.25) is 0 Å². The van der Waals surface area contributed by atoms with Crippen molar-refractivity contribution >= 4 is 43.9 Å². The van der Waals surface area contributed by atoms with Crippen molar-refractivity contribution < 1.29 is 4.74 Å². The van der Waals surface area contributed by atoms with Gasteiger partial charge in [-0.15, -0.1) is 0 Å². The number of nitrogens with one attached hydrogen (secondary N) is 2. The maximum atomic E-state index is 9.87. The topological polar surface area (TPSA) is 76.5 Å². The Balaban J connectivity index is 1.90. The molecule has 2 aromatic carbocycles. The Morgan fingerprint density at radius 1 is 1.30 bits per heavy atom. The van der Waals surface area contributed by atoms with Crippen molar-refractivity contribution in [2.24, 2.45) is 0 Å². The second-order valence-corrected chi connectivity index (χ2v) is 9.26. The molecule has 4 rings (SSSR count). The fourth-order valence-electron chi connectivity index (χ4n) is 4.22. The number of halogens is 1. The van der Waals surface area contributed by atoms with Gasteiger partial charge in [0.05, 0.1) is 23.4 Å². The lowest BCUT2D eigenvalue weighted by atomic mass is 10.0. The number of ether oxygens (including phenoxy) is 1. The summed E-state index contributed by atoms with van der Waals surface area (Å²) in [4.78, 5) is 9.11. The molecule has 0 bridgehead atoms. The van der Waals surface area contributed by atoms with E-state index in [1.54, 1.807) is 6.20 Å². The molecule has 7 nitrogen and oxygen atoms in total. The Morgan fingerprint density at radius 3 is 2.82 bits per heavy atom. The predicted molar refractivity (Wildman–Crippen MR) is 137 cm³/mol. The molecule has 3 aromatic rings. The average Bonchev–Trinajstić information content (AvgIpc) is 2.80. The summed E-state index contributed by atoms with van der Waals surface area (Å²) >= 11 is 3.53. The first-order chi connectivity index (χ1) is 16.0. The lowest BCUT2D eigenvalue weighted by Gasteiger charge is -2.36. The third kappa shape index (κ3) is 5.28. The lowest BCUT2D eigenvalue weighted by Crippen LogP contribution is -2.49. The highest BCUT2D eigenvalue weighted by Gasteiger charge is 2.23. The number of hydrogen-bond acceptors (Lipinski definition) is 7. The fraction of sp³-hybridized carbons (Fsp3) is 0.360. The zero-order chi connectivity index (χ0) is 23.4. The van der Waals surface area contributed by atoms with E-state index in [4.69, 9.17) is 9.72 Å². The second-order valence-electron chi connectivity index (χ2n) is 8.35. The van der Waals surface area contributed by atoms with E-state index in [9.17, 15) is 5.26 Å². The van der Waals surface area contributed by atoms with Crippen LogP contribution in [0.1, 0.15) is 18.1 Å². The van der Waals surface area contributed by atoms with Crippen LogP contribution >= 0.6 is 15.9 Å². The number of morpholine rings is 1. The van der Waals surface area contributed by atoms with E-state index in [0.29, 0.717) is 12.2 Å². The van der Waals surface area contributed by atoms with Crippen molar-refractivity contribution in [2.75, 3.05) is 50.6 Å². The Bertz CT molecular complexity index is 1170. The lowest BCUT2D eigenvalue weighted by molar-refractivity contribution is 0.0272. The van der Waals surface area contributed by atoms with Crippen molar-refractivity contribution in [1.82, 2.24) is 15.2 Å². The maximum Gasteiger partial charge on any atom is 0.142 e. The van der Waals surface area contributed by atoms with Crippen LogP contribution in [0, 0.1) is 11.3 Å². The summed E-state index contributed by atoms with van der Waals surface area (Å²) in [6.07, 6.45) is 1.62. The zero-order valence-corrected chi connectivity index (χ0v) is 20.8. The number of nitriles is 1. The van der Waals surface area contributed by atoms with Crippen LogP contribution in [0.3, 0.4) is 0 Å². The Morgan fingerprint density at radius 2 is 2.15 bits per heavy atom. The van der Waals surface area contributed by atoms with Crippen LogP contribution in [0.15, 0.2) is 47.1 Å². The molecule has 0 radical (unpaired) electrons. The number of anilines is 3. The van der Waals surface area contributed by atoms with Gasteiger partial charge in [0.2, 0.25) is 0 Å². The van der Waals surface area contributed by atoms with E-state index < -0.39 is 0 Å². The van der Waals surface area contributed by atoms with Crippen molar-refractivity contribution in [2.45, 2.75) is 19.7 Å². The highest BCUT2D eigenvalue weighted by Crippen LogP contribution is 2.35. The Kier molecular flexibility index (Phi) is 7.46. The fourth-order valence-corrected chi connectivity index (χ4v) is 4.62. The normalized spacial score (nSPS) is 16.1. The molecule has 0 saturated carbocycles. The van der Waals surface area contributed by atoms with Gasteiger partial charge in [0, 0.05) is 53.6 Å². The minimum absolute atomic E-state index is 0.0398. The number of likely N-dealkylation sites (N-methyl/N-ethyl adjacent to an activating group) is 1. The number of benzene rings is 2. The van der Waals surface area contributed by atoms with Crippen LogP contribution in [-0.2, 0) is 11.3 Å². The SMILES string of the molecule is CCN(c1cc(CN(C)C)c2ncc(C#N)c(Nc3cccc(Br)c3)c2c1)C1CNCCO1. The molecule has 1 fully saturated rings. The summed E-state index contributed by atoms with van der Waals surface area (Å²) < 4.78 is 7.04. The van der Waals surface area contributed by atoms with Crippen LogP contribution < -0.4 is 15.5 Å². The van der Waals surface area contributed by atoms with Crippen molar-refractivity contribution in [3.63, 3.8) is 0 Å². The first-order valence-corrected chi connectivity index (χ1v) is 11.9. The summed E-state index contributed by atoms with van der Waals surface area (Å²) in [5.74, 6) is 0. The van der Waals surface area contributed by atoms with Crippen LogP contribution in [0.5, 0.6) is 0 Å². The van der Waals surface area contributed by atoms with E-state index in [2.05, 4.69) is 75.6 Å². The number of pyridine rings is 1. The van der Waals surface area contributed by atoms with E-state index >= 15 is 0 Å². The molecule has 2 N–H and O–H groups in total. The Labute approximate surface area is 203 Å². The number of fused-ring (bicyclic) bond motifs is 1. The van der Waals surface area contributed by atoms with Crippen molar-refractivity contribution in [1.29, 1.82) is 5.26 Å². The molecule has 1 saturated heterocycles. The van der Waals surface area contributed by atoms with Gasteiger partial charge in [0.25, 0.3) is 0 Å².